The van der Waals surface area contributed by atoms with Gasteiger partial charge in [-0.1, -0.05) is 19.3 Å². The largest absolute Gasteiger partial charge is 0.370 e. The minimum Gasteiger partial charge on any atom is -0.370 e. The van der Waals surface area contributed by atoms with Gasteiger partial charge in [-0.15, -0.1) is 0 Å². The minimum atomic E-state index is -0.249. The zero-order valence-electron chi connectivity index (χ0n) is 19.0. The maximum absolute atomic E-state index is 13.3. The molecule has 2 fully saturated rings. The third-order valence-corrected chi connectivity index (χ3v) is 6.39. The van der Waals surface area contributed by atoms with Crippen molar-refractivity contribution in [3.8, 4) is 0 Å². The third kappa shape index (κ3) is 5.35. The van der Waals surface area contributed by atoms with Crippen LogP contribution in [0.1, 0.15) is 67.9 Å². The molecule has 0 aromatic carbocycles. The molecular weight excluding hydrogens is 406 g/mol. The fraction of sp³-hybridized carbons (Fsp3) is 0.583. The van der Waals surface area contributed by atoms with Crippen LogP contribution >= 0.6 is 0 Å². The number of hydrogen-bond acceptors (Lipinski definition) is 5. The van der Waals surface area contributed by atoms with E-state index in [-0.39, 0.29) is 36.5 Å². The number of pyridine rings is 1. The molecule has 32 heavy (non-hydrogen) atoms. The number of nitrogens with zero attached hydrogens (tertiary/aromatic N) is 5. The van der Waals surface area contributed by atoms with Crippen LogP contribution in [0.15, 0.2) is 36.9 Å². The number of ether oxygens (including phenoxy) is 1. The second kappa shape index (κ2) is 10.3. The monoisotopic (exact) mass is 439 g/mol. The van der Waals surface area contributed by atoms with E-state index >= 15 is 0 Å². The van der Waals surface area contributed by atoms with E-state index in [4.69, 9.17) is 4.74 Å². The average Bonchev–Trinajstić information content (AvgIpc) is 3.25. The van der Waals surface area contributed by atoms with Crippen LogP contribution in [0.4, 0.5) is 0 Å². The lowest BCUT2D eigenvalue weighted by Crippen LogP contribution is -2.46. The van der Waals surface area contributed by atoms with Gasteiger partial charge in [0.15, 0.2) is 0 Å². The van der Waals surface area contributed by atoms with E-state index in [0.29, 0.717) is 25.3 Å². The highest BCUT2D eigenvalue weighted by atomic mass is 16.5. The fourth-order valence-electron chi connectivity index (χ4n) is 4.56. The van der Waals surface area contributed by atoms with Gasteiger partial charge in [-0.05, 0) is 44.4 Å². The van der Waals surface area contributed by atoms with Crippen molar-refractivity contribution in [1.82, 2.24) is 24.6 Å². The molecule has 0 bridgehead atoms. The summed E-state index contributed by atoms with van der Waals surface area (Å²) in [6, 6.07) is 4.25. The Morgan fingerprint density at radius 3 is 2.59 bits per heavy atom. The van der Waals surface area contributed by atoms with E-state index in [1.54, 1.807) is 34.4 Å². The molecule has 2 aromatic heterocycles. The SMILES string of the molecule is CC(C)n1cc(C(=O)N2CC(=O)N(C3CCCCC3)CC(OCc3ccncc3)C2)cn1. The molecule has 8 nitrogen and oxygen atoms in total. The molecule has 3 heterocycles. The van der Waals surface area contributed by atoms with Gasteiger partial charge in [0, 0.05) is 43.8 Å². The summed E-state index contributed by atoms with van der Waals surface area (Å²) in [6.07, 6.45) is 12.2. The topological polar surface area (TPSA) is 80.6 Å². The van der Waals surface area contributed by atoms with Crippen LogP contribution < -0.4 is 0 Å². The first kappa shape index (κ1) is 22.5. The van der Waals surface area contributed by atoms with Crippen LogP contribution in [0.25, 0.3) is 0 Å². The quantitative estimate of drug-likeness (QED) is 0.691. The second-order valence-electron chi connectivity index (χ2n) is 9.11. The van der Waals surface area contributed by atoms with Crippen molar-refractivity contribution in [3.63, 3.8) is 0 Å². The summed E-state index contributed by atoms with van der Waals surface area (Å²) in [5.41, 5.74) is 1.53. The molecule has 8 heteroatoms. The van der Waals surface area contributed by atoms with E-state index in [9.17, 15) is 9.59 Å². The Bertz CT molecular complexity index is 907. The van der Waals surface area contributed by atoms with Crippen molar-refractivity contribution in [1.29, 1.82) is 0 Å². The molecular formula is C24H33N5O3. The number of hydrogen-bond donors (Lipinski definition) is 0. The maximum atomic E-state index is 13.3. The number of carbonyl (C=O) groups excluding carboxylic acids is 2. The standard InChI is InChI=1S/C24H33N5O3/c1-18(2)29-13-20(12-26-29)24(31)27-14-22(32-17-19-8-10-25-11-9-19)15-28(23(30)16-27)21-6-4-3-5-7-21/h8-13,18,21-22H,3-7,14-17H2,1-2H3. The van der Waals surface area contributed by atoms with Crippen molar-refractivity contribution in [2.45, 2.75) is 70.7 Å². The lowest BCUT2D eigenvalue weighted by Gasteiger charge is -2.34. The van der Waals surface area contributed by atoms with Gasteiger partial charge in [-0.3, -0.25) is 19.3 Å². The van der Waals surface area contributed by atoms with Gasteiger partial charge in [-0.25, -0.2) is 0 Å². The highest BCUT2D eigenvalue weighted by Crippen LogP contribution is 2.25. The van der Waals surface area contributed by atoms with E-state index < -0.39 is 0 Å². The number of aromatic nitrogens is 3. The highest BCUT2D eigenvalue weighted by Gasteiger charge is 2.35. The summed E-state index contributed by atoms with van der Waals surface area (Å²) in [5, 5.41) is 4.29. The van der Waals surface area contributed by atoms with Crippen LogP contribution in [0.2, 0.25) is 0 Å². The molecule has 2 amide bonds. The predicted molar refractivity (Wildman–Crippen MR) is 120 cm³/mol. The molecule has 1 saturated heterocycles. The Labute approximate surface area is 189 Å². The first-order valence-electron chi connectivity index (χ1n) is 11.6. The van der Waals surface area contributed by atoms with Gasteiger partial charge in [0.25, 0.3) is 5.91 Å². The molecule has 4 rings (SSSR count). The van der Waals surface area contributed by atoms with Crippen molar-refractivity contribution in [2.24, 2.45) is 0 Å². The predicted octanol–water partition coefficient (Wildman–Crippen LogP) is 3.06. The van der Waals surface area contributed by atoms with Gasteiger partial charge >= 0.3 is 0 Å². The van der Waals surface area contributed by atoms with Gasteiger partial charge in [0.1, 0.15) is 6.54 Å². The van der Waals surface area contributed by atoms with Gasteiger partial charge in [0.2, 0.25) is 5.91 Å². The first-order chi connectivity index (χ1) is 15.5. The fourth-order valence-corrected chi connectivity index (χ4v) is 4.56. The molecule has 0 radical (unpaired) electrons. The molecule has 2 aliphatic rings. The summed E-state index contributed by atoms with van der Waals surface area (Å²) in [6.45, 7) is 5.43. The summed E-state index contributed by atoms with van der Waals surface area (Å²) in [7, 11) is 0. The van der Waals surface area contributed by atoms with Crippen LogP contribution in [0.5, 0.6) is 0 Å². The third-order valence-electron chi connectivity index (χ3n) is 6.39. The smallest absolute Gasteiger partial charge is 0.257 e. The van der Waals surface area contributed by atoms with Crippen LogP contribution in [0, 0.1) is 0 Å². The number of amides is 2. The Kier molecular flexibility index (Phi) is 7.19. The molecule has 1 saturated carbocycles. The second-order valence-corrected chi connectivity index (χ2v) is 9.11. The van der Waals surface area contributed by atoms with Crippen LogP contribution in [0.3, 0.4) is 0 Å². The summed E-state index contributed by atoms with van der Waals surface area (Å²) in [4.78, 5) is 34.2. The van der Waals surface area contributed by atoms with Gasteiger partial charge in [0.05, 0.1) is 24.5 Å². The Hall–Kier alpha value is -2.74. The normalized spacial score (nSPS) is 20.6. The van der Waals surface area contributed by atoms with Gasteiger partial charge in [-0.2, -0.15) is 5.10 Å². The molecule has 1 aliphatic heterocycles. The summed E-state index contributed by atoms with van der Waals surface area (Å²) < 4.78 is 8.00. The summed E-state index contributed by atoms with van der Waals surface area (Å²) >= 11 is 0. The molecule has 172 valence electrons. The Morgan fingerprint density at radius 1 is 1.16 bits per heavy atom. The van der Waals surface area contributed by atoms with Crippen molar-refractivity contribution < 1.29 is 14.3 Å². The molecule has 1 atom stereocenters. The van der Waals surface area contributed by atoms with E-state index in [0.717, 1.165) is 31.2 Å². The van der Waals surface area contributed by atoms with Crippen molar-refractivity contribution in [2.75, 3.05) is 19.6 Å². The van der Waals surface area contributed by atoms with E-state index in [2.05, 4.69) is 10.1 Å². The van der Waals surface area contributed by atoms with Crippen molar-refractivity contribution in [3.05, 3.63) is 48.0 Å². The van der Waals surface area contributed by atoms with Crippen LogP contribution in [-0.2, 0) is 16.1 Å². The Morgan fingerprint density at radius 2 is 1.91 bits per heavy atom. The maximum Gasteiger partial charge on any atom is 0.257 e. The lowest BCUT2D eigenvalue weighted by molar-refractivity contribution is -0.134. The van der Waals surface area contributed by atoms with Crippen molar-refractivity contribution >= 4 is 11.8 Å². The average molecular weight is 440 g/mol. The van der Waals surface area contributed by atoms with Gasteiger partial charge < -0.3 is 14.5 Å². The van der Waals surface area contributed by atoms with E-state index in [1.807, 2.05) is 30.9 Å². The number of rotatable bonds is 6. The number of carbonyl (C=O) groups is 2. The zero-order valence-corrected chi connectivity index (χ0v) is 19.0. The molecule has 0 N–H and O–H groups in total. The first-order valence-corrected chi connectivity index (χ1v) is 11.6. The van der Waals surface area contributed by atoms with E-state index in [1.165, 1.54) is 6.42 Å². The lowest BCUT2D eigenvalue weighted by atomic mass is 9.94. The minimum absolute atomic E-state index is 0.0107. The zero-order chi connectivity index (χ0) is 22.5. The molecule has 1 unspecified atom stereocenters. The molecule has 2 aromatic rings. The molecule has 1 aliphatic carbocycles. The summed E-state index contributed by atoms with van der Waals surface area (Å²) in [5.74, 6) is -0.162. The highest BCUT2D eigenvalue weighted by molar-refractivity contribution is 5.96. The van der Waals surface area contributed by atoms with Crippen LogP contribution in [-0.4, -0.2) is 68.2 Å². The molecule has 0 spiro atoms. The Balaban J connectivity index is 1.52.